The Kier molecular flexibility index (Phi) is 6.39. The molecule has 0 saturated carbocycles. The molecule has 8 heteroatoms. The van der Waals surface area contributed by atoms with Gasteiger partial charge in [0.05, 0.1) is 12.7 Å². The first kappa shape index (κ1) is 18.9. The van der Waals surface area contributed by atoms with Crippen molar-refractivity contribution < 1.29 is 40.1 Å². The second kappa shape index (κ2) is 8.11. The van der Waals surface area contributed by atoms with E-state index in [1.165, 1.54) is 6.07 Å². The zero-order valence-corrected chi connectivity index (χ0v) is 13.3. The van der Waals surface area contributed by atoms with Crippen LogP contribution in [-0.2, 0) is 11.2 Å². The predicted octanol–water partition coefficient (Wildman–Crippen LogP) is -1.12. The summed E-state index contributed by atoms with van der Waals surface area (Å²) < 4.78 is 10.7. The molecule has 6 atom stereocenters. The highest BCUT2D eigenvalue weighted by atomic mass is 16.7. The lowest BCUT2D eigenvalue weighted by Gasteiger charge is -2.39. The Morgan fingerprint density at radius 2 is 1.88 bits per heavy atom. The number of aliphatic hydroxyl groups is 5. The maximum Gasteiger partial charge on any atom is 0.229 e. The maximum absolute atomic E-state index is 9.96. The van der Waals surface area contributed by atoms with E-state index in [1.807, 2.05) is 0 Å². The number of benzene rings is 1. The number of phenolic OH excluding ortho intramolecular Hbond substituents is 1. The maximum atomic E-state index is 9.96. The van der Waals surface area contributed by atoms with Crippen molar-refractivity contribution in [2.45, 2.75) is 56.6 Å². The van der Waals surface area contributed by atoms with Gasteiger partial charge in [-0.15, -0.1) is 0 Å². The zero-order chi connectivity index (χ0) is 17.9. The summed E-state index contributed by atoms with van der Waals surface area (Å²) in [5, 5.41) is 57.9. The van der Waals surface area contributed by atoms with Crippen LogP contribution in [0.5, 0.6) is 11.5 Å². The highest BCUT2D eigenvalue weighted by Gasteiger charge is 2.44. The highest BCUT2D eigenvalue weighted by molar-refractivity contribution is 5.42. The van der Waals surface area contributed by atoms with Gasteiger partial charge in [-0.25, -0.2) is 0 Å². The van der Waals surface area contributed by atoms with Gasteiger partial charge >= 0.3 is 0 Å². The minimum Gasteiger partial charge on any atom is -0.504 e. The second-order valence-corrected chi connectivity index (χ2v) is 6.00. The van der Waals surface area contributed by atoms with Crippen LogP contribution in [0, 0.1) is 0 Å². The Balaban J connectivity index is 2.12. The molecule has 136 valence electrons. The molecule has 0 spiro atoms. The summed E-state index contributed by atoms with van der Waals surface area (Å²) in [6.45, 7) is 1.11. The van der Waals surface area contributed by atoms with Crippen LogP contribution in [0.3, 0.4) is 0 Å². The molecule has 24 heavy (non-hydrogen) atoms. The van der Waals surface area contributed by atoms with Crippen LogP contribution >= 0.6 is 0 Å². The molecule has 1 aromatic rings. The molecule has 8 nitrogen and oxygen atoms in total. The number of aliphatic hydroxyl groups excluding tert-OH is 5. The Morgan fingerprint density at radius 1 is 1.17 bits per heavy atom. The Morgan fingerprint density at radius 3 is 2.50 bits per heavy atom. The van der Waals surface area contributed by atoms with E-state index in [9.17, 15) is 25.5 Å². The summed E-state index contributed by atoms with van der Waals surface area (Å²) in [6, 6.07) is 4.63. The predicted molar refractivity (Wildman–Crippen MR) is 82.5 cm³/mol. The third-order valence-electron chi connectivity index (χ3n) is 3.97. The minimum absolute atomic E-state index is 0.0300. The number of hydrogen-bond donors (Lipinski definition) is 6. The van der Waals surface area contributed by atoms with Crippen molar-refractivity contribution in [2.24, 2.45) is 0 Å². The van der Waals surface area contributed by atoms with Crippen molar-refractivity contribution in [3.8, 4) is 11.5 Å². The average Bonchev–Trinajstić information content (AvgIpc) is 2.55. The van der Waals surface area contributed by atoms with Gasteiger partial charge in [0, 0.05) is 0 Å². The van der Waals surface area contributed by atoms with Crippen molar-refractivity contribution >= 4 is 0 Å². The summed E-state index contributed by atoms with van der Waals surface area (Å²) in [5.74, 6) is -0.157. The molecule has 1 aromatic carbocycles. The van der Waals surface area contributed by atoms with E-state index in [1.54, 1.807) is 19.1 Å². The molecule has 1 heterocycles. The molecule has 6 N–H and O–H groups in total. The van der Waals surface area contributed by atoms with Crippen LogP contribution in [0.2, 0.25) is 0 Å². The first-order valence-electron chi connectivity index (χ1n) is 7.80. The van der Waals surface area contributed by atoms with Gasteiger partial charge in [0.25, 0.3) is 0 Å². The number of ether oxygens (including phenoxy) is 2. The van der Waals surface area contributed by atoms with Crippen LogP contribution in [0.15, 0.2) is 18.2 Å². The van der Waals surface area contributed by atoms with Gasteiger partial charge in [-0.3, -0.25) is 0 Å². The lowest BCUT2D eigenvalue weighted by molar-refractivity contribution is -0.277. The van der Waals surface area contributed by atoms with Crippen LogP contribution in [0.1, 0.15) is 18.9 Å². The monoisotopic (exact) mass is 344 g/mol. The number of aromatic hydroxyl groups is 1. The Hall–Kier alpha value is -1.42. The summed E-state index contributed by atoms with van der Waals surface area (Å²) >= 11 is 0. The standard InChI is InChI=1S/C16H24O8/c1-8(18)2-3-9-4-5-10(19)11(6-9)23-16-15(22)14(21)13(20)12(7-17)24-16/h4-6,8,12-22H,2-3,7H2,1H3/t8-,12+,13+,14-,15+,16+/m0/s1. The minimum atomic E-state index is -1.55. The molecule has 2 rings (SSSR count). The molecular formula is C16H24O8. The molecule has 1 aliphatic heterocycles. The summed E-state index contributed by atoms with van der Waals surface area (Å²) in [6.07, 6.45) is -6.41. The summed E-state index contributed by atoms with van der Waals surface area (Å²) in [5.41, 5.74) is 0.799. The average molecular weight is 344 g/mol. The van der Waals surface area contributed by atoms with E-state index in [4.69, 9.17) is 14.6 Å². The van der Waals surface area contributed by atoms with Gasteiger partial charge in [-0.1, -0.05) is 6.07 Å². The zero-order valence-electron chi connectivity index (χ0n) is 13.3. The third-order valence-corrected chi connectivity index (χ3v) is 3.97. The lowest BCUT2D eigenvalue weighted by atomic mass is 9.99. The molecular weight excluding hydrogens is 320 g/mol. The Labute approximate surface area is 139 Å². The first-order valence-corrected chi connectivity index (χ1v) is 7.80. The van der Waals surface area contributed by atoms with E-state index < -0.39 is 43.4 Å². The van der Waals surface area contributed by atoms with Gasteiger partial charge in [-0.2, -0.15) is 0 Å². The number of rotatable bonds is 6. The largest absolute Gasteiger partial charge is 0.504 e. The molecule has 0 bridgehead atoms. The van der Waals surface area contributed by atoms with Gasteiger partial charge in [-0.05, 0) is 37.5 Å². The van der Waals surface area contributed by atoms with E-state index in [-0.39, 0.29) is 11.5 Å². The SMILES string of the molecule is C[C@H](O)CCc1ccc(O)c(O[C@@H]2O[C@H](CO)[C@@H](O)[C@H](O)[C@H]2O)c1. The molecule has 0 aliphatic carbocycles. The normalized spacial score (nSPS) is 31.7. The van der Waals surface area contributed by atoms with Gasteiger partial charge < -0.3 is 40.1 Å². The Bertz CT molecular complexity index is 533. The van der Waals surface area contributed by atoms with Crippen molar-refractivity contribution in [1.82, 2.24) is 0 Å². The summed E-state index contributed by atoms with van der Waals surface area (Å²) in [7, 11) is 0. The third kappa shape index (κ3) is 4.35. The smallest absolute Gasteiger partial charge is 0.229 e. The highest BCUT2D eigenvalue weighted by Crippen LogP contribution is 2.31. The topological polar surface area (TPSA) is 140 Å². The quantitative estimate of drug-likeness (QED) is 0.382. The van der Waals surface area contributed by atoms with E-state index in [2.05, 4.69) is 0 Å². The fraction of sp³-hybridized carbons (Fsp3) is 0.625. The second-order valence-electron chi connectivity index (χ2n) is 6.00. The fourth-order valence-corrected chi connectivity index (χ4v) is 2.47. The summed E-state index contributed by atoms with van der Waals surface area (Å²) in [4.78, 5) is 0. The number of aryl methyl sites for hydroxylation is 1. The molecule has 0 aromatic heterocycles. The van der Waals surface area contributed by atoms with E-state index >= 15 is 0 Å². The van der Waals surface area contributed by atoms with Gasteiger partial charge in [0.2, 0.25) is 6.29 Å². The van der Waals surface area contributed by atoms with Crippen molar-refractivity contribution in [3.63, 3.8) is 0 Å². The van der Waals surface area contributed by atoms with Gasteiger partial charge in [0.15, 0.2) is 11.5 Å². The van der Waals surface area contributed by atoms with Crippen LogP contribution in [0.25, 0.3) is 0 Å². The number of hydrogen-bond acceptors (Lipinski definition) is 8. The fourth-order valence-electron chi connectivity index (χ4n) is 2.47. The molecule has 1 aliphatic rings. The van der Waals surface area contributed by atoms with E-state index in [0.717, 1.165) is 5.56 Å². The van der Waals surface area contributed by atoms with Crippen LogP contribution < -0.4 is 4.74 Å². The number of phenols is 1. The van der Waals surface area contributed by atoms with Crippen LogP contribution in [0.4, 0.5) is 0 Å². The first-order chi connectivity index (χ1) is 11.3. The van der Waals surface area contributed by atoms with Crippen molar-refractivity contribution in [3.05, 3.63) is 23.8 Å². The molecule has 1 fully saturated rings. The molecule has 1 saturated heterocycles. The van der Waals surface area contributed by atoms with Gasteiger partial charge in [0.1, 0.15) is 24.4 Å². The molecule has 0 unspecified atom stereocenters. The van der Waals surface area contributed by atoms with Crippen molar-refractivity contribution in [1.29, 1.82) is 0 Å². The molecule has 0 radical (unpaired) electrons. The van der Waals surface area contributed by atoms with E-state index in [0.29, 0.717) is 12.8 Å². The molecule has 0 amide bonds. The van der Waals surface area contributed by atoms with Crippen molar-refractivity contribution in [2.75, 3.05) is 6.61 Å². The van der Waals surface area contributed by atoms with Crippen LogP contribution in [-0.4, -0.2) is 74.1 Å². The lowest BCUT2D eigenvalue weighted by Crippen LogP contribution is -2.60.